The van der Waals surface area contributed by atoms with Crippen LogP contribution in [0.25, 0.3) is 0 Å². The van der Waals surface area contributed by atoms with E-state index >= 15 is 0 Å². The molecule has 0 amide bonds. The number of methoxy groups -OCH3 is 1. The molecule has 0 fully saturated rings. The van der Waals surface area contributed by atoms with Gasteiger partial charge in [0.05, 0.1) is 5.44 Å². The molecule has 8 heavy (non-hydrogen) atoms. The largest absolute Gasteiger partial charge is 0.371 e. The summed E-state index contributed by atoms with van der Waals surface area (Å²) < 4.78 is 5.02. The fraction of sp³-hybridized carbons (Fsp3) is 1.00. The molecule has 0 rings (SSSR count). The van der Waals surface area contributed by atoms with Crippen LogP contribution in [0.5, 0.6) is 0 Å². The van der Waals surface area contributed by atoms with E-state index in [-0.39, 0.29) is 0 Å². The van der Waals surface area contributed by atoms with Crippen LogP contribution in [0, 0.1) is 0 Å². The highest BCUT2D eigenvalue weighted by atomic mass is 32.2. The molecule has 0 spiro atoms. The van der Waals surface area contributed by atoms with E-state index in [9.17, 15) is 0 Å². The molecule has 1 nitrogen and oxygen atoms in total. The van der Waals surface area contributed by atoms with Crippen LogP contribution in [0.15, 0.2) is 0 Å². The zero-order valence-electron chi connectivity index (χ0n) is 5.81. The normalized spacial score (nSPS) is 13.9. The molecule has 0 bridgehead atoms. The Labute approximate surface area is 55.8 Å². The van der Waals surface area contributed by atoms with Crippen molar-refractivity contribution in [3.05, 3.63) is 0 Å². The first-order chi connectivity index (χ1) is 3.81. The highest BCUT2D eigenvalue weighted by Crippen LogP contribution is 2.10. The summed E-state index contributed by atoms with van der Waals surface area (Å²) in [6.45, 7) is 4.25. The first kappa shape index (κ1) is 8.31. The van der Waals surface area contributed by atoms with Crippen LogP contribution in [0.1, 0.15) is 20.3 Å². The fourth-order valence-electron chi connectivity index (χ4n) is 0.352. The Kier molecular flexibility index (Phi) is 5.66. The molecule has 1 atom stereocenters. The van der Waals surface area contributed by atoms with Gasteiger partial charge in [0.1, 0.15) is 0 Å². The van der Waals surface area contributed by atoms with Crippen LogP contribution >= 0.6 is 11.8 Å². The molecule has 0 aromatic carbocycles. The lowest BCUT2D eigenvalue weighted by Gasteiger charge is -2.05. The molecule has 0 radical (unpaired) electrons. The van der Waals surface area contributed by atoms with E-state index in [4.69, 9.17) is 4.74 Å². The quantitative estimate of drug-likeness (QED) is 0.545. The molecule has 50 valence electrons. The lowest BCUT2D eigenvalue weighted by atomic mass is 10.6. The molecule has 1 unspecified atom stereocenters. The highest BCUT2D eigenvalue weighted by molar-refractivity contribution is 7.99. The molecule has 2 heteroatoms. The molecule has 0 aliphatic rings. The number of hydrogen-bond donors (Lipinski definition) is 0. The maximum absolute atomic E-state index is 5.02. The number of ether oxygens (including phenoxy) is 1. The van der Waals surface area contributed by atoms with Crippen LogP contribution in [0.3, 0.4) is 0 Å². The molecule has 0 aliphatic carbocycles. The van der Waals surface area contributed by atoms with Crippen molar-refractivity contribution in [2.24, 2.45) is 0 Å². The van der Waals surface area contributed by atoms with Gasteiger partial charge in [0.25, 0.3) is 0 Å². The topological polar surface area (TPSA) is 9.23 Å². The van der Waals surface area contributed by atoms with E-state index in [1.807, 2.05) is 11.8 Å². The predicted octanol–water partition coefficient (Wildman–Crippen LogP) is 2.12. The van der Waals surface area contributed by atoms with Crippen LogP contribution in [-0.4, -0.2) is 18.3 Å². The molecule has 0 N–H and O–H groups in total. The average molecular weight is 134 g/mol. The van der Waals surface area contributed by atoms with Crippen molar-refractivity contribution in [3.8, 4) is 0 Å². The summed E-state index contributed by atoms with van der Waals surface area (Å²) in [4.78, 5) is 0. The molecular weight excluding hydrogens is 120 g/mol. The zero-order chi connectivity index (χ0) is 6.41. The lowest BCUT2D eigenvalue weighted by molar-refractivity contribution is 0.188. The first-order valence-electron chi connectivity index (χ1n) is 2.95. The van der Waals surface area contributed by atoms with Gasteiger partial charge in [-0.2, -0.15) is 0 Å². The highest BCUT2D eigenvalue weighted by Gasteiger charge is 1.95. The minimum absolute atomic E-state index is 0.370. The maximum atomic E-state index is 5.02. The summed E-state index contributed by atoms with van der Waals surface area (Å²) in [5.74, 6) is 1.20. The Morgan fingerprint density at radius 3 is 2.62 bits per heavy atom. The molecule has 0 aromatic rings. The second kappa shape index (κ2) is 5.45. The third-order valence-electron chi connectivity index (χ3n) is 0.889. The molecule has 0 heterocycles. The second-order valence-corrected chi connectivity index (χ2v) is 3.08. The van der Waals surface area contributed by atoms with Crippen molar-refractivity contribution in [2.75, 3.05) is 12.9 Å². The zero-order valence-corrected chi connectivity index (χ0v) is 6.62. The third-order valence-corrected chi connectivity index (χ3v) is 2.19. The summed E-state index contributed by atoms with van der Waals surface area (Å²) in [7, 11) is 1.74. The van der Waals surface area contributed by atoms with Gasteiger partial charge in [0.15, 0.2) is 0 Å². The number of thioether (sulfide) groups is 1. The van der Waals surface area contributed by atoms with E-state index in [1.165, 1.54) is 12.2 Å². The average Bonchev–Trinajstić information content (AvgIpc) is 1.83. The van der Waals surface area contributed by atoms with E-state index < -0.39 is 0 Å². The van der Waals surface area contributed by atoms with Crippen LogP contribution in [0.4, 0.5) is 0 Å². The Morgan fingerprint density at radius 2 is 2.25 bits per heavy atom. The van der Waals surface area contributed by atoms with Crippen molar-refractivity contribution >= 4 is 11.8 Å². The number of hydrogen-bond acceptors (Lipinski definition) is 2. The van der Waals surface area contributed by atoms with Crippen molar-refractivity contribution in [3.63, 3.8) is 0 Å². The van der Waals surface area contributed by atoms with Crippen molar-refractivity contribution in [1.29, 1.82) is 0 Å². The monoisotopic (exact) mass is 134 g/mol. The summed E-state index contributed by atoms with van der Waals surface area (Å²) in [5.41, 5.74) is 0.370. The molecular formula is C6H14OS. The van der Waals surface area contributed by atoms with Crippen LogP contribution in [-0.2, 0) is 4.74 Å². The van der Waals surface area contributed by atoms with Gasteiger partial charge in [0, 0.05) is 7.11 Å². The number of rotatable bonds is 4. The Hall–Kier alpha value is 0.310. The predicted molar refractivity (Wildman–Crippen MR) is 39.2 cm³/mol. The van der Waals surface area contributed by atoms with Gasteiger partial charge in [-0.1, -0.05) is 6.92 Å². The molecule has 0 aromatic heterocycles. The Bertz CT molecular complexity index is 47.8. The smallest absolute Gasteiger partial charge is 0.0995 e. The maximum Gasteiger partial charge on any atom is 0.0995 e. The fourth-order valence-corrected chi connectivity index (χ4v) is 1.06. The SMILES string of the molecule is CCCSC(C)OC. The van der Waals surface area contributed by atoms with Crippen LogP contribution in [0.2, 0.25) is 0 Å². The van der Waals surface area contributed by atoms with Gasteiger partial charge in [0.2, 0.25) is 0 Å². The van der Waals surface area contributed by atoms with Gasteiger partial charge in [-0.3, -0.25) is 0 Å². The van der Waals surface area contributed by atoms with Gasteiger partial charge in [-0.15, -0.1) is 11.8 Å². The van der Waals surface area contributed by atoms with Crippen molar-refractivity contribution < 1.29 is 4.74 Å². The molecule has 0 saturated heterocycles. The minimum Gasteiger partial charge on any atom is -0.371 e. The van der Waals surface area contributed by atoms with Crippen LogP contribution < -0.4 is 0 Å². The van der Waals surface area contributed by atoms with Gasteiger partial charge in [-0.05, 0) is 19.1 Å². The van der Waals surface area contributed by atoms with Crippen molar-refractivity contribution in [1.82, 2.24) is 0 Å². The van der Waals surface area contributed by atoms with E-state index in [1.54, 1.807) is 7.11 Å². The Balaban J connectivity index is 2.86. The van der Waals surface area contributed by atoms with Gasteiger partial charge < -0.3 is 4.74 Å². The van der Waals surface area contributed by atoms with Gasteiger partial charge in [-0.25, -0.2) is 0 Å². The van der Waals surface area contributed by atoms with Crippen molar-refractivity contribution in [2.45, 2.75) is 25.7 Å². The summed E-state index contributed by atoms with van der Waals surface area (Å²) in [6.07, 6.45) is 1.23. The summed E-state index contributed by atoms with van der Waals surface area (Å²) >= 11 is 1.85. The second-order valence-electron chi connectivity index (χ2n) is 1.67. The molecule has 0 saturated carbocycles. The Morgan fingerprint density at radius 1 is 1.62 bits per heavy atom. The standard InChI is InChI=1S/C6H14OS/c1-4-5-8-6(2)7-3/h6H,4-5H2,1-3H3. The lowest BCUT2D eigenvalue weighted by Crippen LogP contribution is -1.98. The van der Waals surface area contributed by atoms with E-state index in [0.717, 1.165) is 0 Å². The summed E-state index contributed by atoms with van der Waals surface area (Å²) in [5, 5.41) is 0. The first-order valence-corrected chi connectivity index (χ1v) is 4.00. The van der Waals surface area contributed by atoms with E-state index in [2.05, 4.69) is 13.8 Å². The minimum atomic E-state index is 0.370. The van der Waals surface area contributed by atoms with Gasteiger partial charge >= 0.3 is 0 Å². The summed E-state index contributed by atoms with van der Waals surface area (Å²) in [6, 6.07) is 0. The van der Waals surface area contributed by atoms with E-state index in [0.29, 0.717) is 5.44 Å². The molecule has 0 aliphatic heterocycles. The third kappa shape index (κ3) is 4.47.